The van der Waals surface area contributed by atoms with Crippen LogP contribution in [0.1, 0.15) is 12.0 Å². The minimum atomic E-state index is -0.961. The molecule has 0 saturated carbocycles. The number of carbonyl (C=O) groups excluding carboxylic acids is 1. The molecule has 18 heavy (non-hydrogen) atoms. The molecule has 1 amide bonds. The molecule has 1 unspecified atom stereocenters. The lowest BCUT2D eigenvalue weighted by Gasteiger charge is -2.34. The van der Waals surface area contributed by atoms with E-state index in [2.05, 4.69) is 10.3 Å². The van der Waals surface area contributed by atoms with E-state index in [1.807, 2.05) is 17.0 Å². The van der Waals surface area contributed by atoms with Crippen LogP contribution in [0.4, 0.5) is 0 Å². The van der Waals surface area contributed by atoms with Gasteiger partial charge in [0.2, 0.25) is 5.91 Å². The molecule has 96 valence electrons. The zero-order valence-electron chi connectivity index (χ0n) is 9.87. The van der Waals surface area contributed by atoms with Crippen LogP contribution in [0.2, 0.25) is 0 Å². The molecule has 2 heterocycles. The van der Waals surface area contributed by atoms with E-state index in [-0.39, 0.29) is 12.3 Å². The van der Waals surface area contributed by atoms with Gasteiger partial charge in [-0.05, 0) is 17.7 Å². The van der Waals surface area contributed by atoms with E-state index in [1.54, 1.807) is 12.4 Å². The summed E-state index contributed by atoms with van der Waals surface area (Å²) in [6, 6.07) is 3.14. The molecule has 0 radical (unpaired) electrons. The van der Waals surface area contributed by atoms with Gasteiger partial charge in [-0.3, -0.25) is 19.5 Å². The Labute approximate surface area is 105 Å². The topological polar surface area (TPSA) is 82.5 Å². The van der Waals surface area contributed by atoms with E-state index in [1.165, 1.54) is 0 Å². The molecule has 1 atom stereocenters. The summed E-state index contributed by atoms with van der Waals surface area (Å²) in [5.74, 6) is -1.17. The maximum absolute atomic E-state index is 11.7. The fourth-order valence-corrected chi connectivity index (χ4v) is 2.06. The minimum absolute atomic E-state index is 0.170. The molecule has 1 aliphatic heterocycles. The SMILES string of the molecule is O=C(O)CC1C(=O)NCCN1Cc1ccncc1. The van der Waals surface area contributed by atoms with Gasteiger partial charge in [-0.2, -0.15) is 0 Å². The van der Waals surface area contributed by atoms with Crippen LogP contribution in [-0.4, -0.2) is 46.0 Å². The van der Waals surface area contributed by atoms with E-state index >= 15 is 0 Å². The Hall–Kier alpha value is -1.95. The molecule has 6 heteroatoms. The second-order valence-electron chi connectivity index (χ2n) is 4.23. The highest BCUT2D eigenvalue weighted by atomic mass is 16.4. The van der Waals surface area contributed by atoms with Gasteiger partial charge in [-0.25, -0.2) is 0 Å². The van der Waals surface area contributed by atoms with E-state index in [4.69, 9.17) is 5.11 Å². The number of piperazine rings is 1. The lowest BCUT2D eigenvalue weighted by atomic mass is 10.1. The Balaban J connectivity index is 2.08. The fourth-order valence-electron chi connectivity index (χ4n) is 2.06. The summed E-state index contributed by atoms with van der Waals surface area (Å²) in [5, 5.41) is 11.5. The summed E-state index contributed by atoms with van der Waals surface area (Å²) in [5.41, 5.74) is 1.02. The molecule has 1 aliphatic rings. The molecule has 1 aromatic heterocycles. The molecule has 2 N–H and O–H groups in total. The quantitative estimate of drug-likeness (QED) is 0.776. The molecule has 1 aromatic rings. The number of nitrogens with one attached hydrogen (secondary N) is 1. The van der Waals surface area contributed by atoms with Crippen molar-refractivity contribution in [3.8, 4) is 0 Å². The van der Waals surface area contributed by atoms with E-state index in [0.717, 1.165) is 5.56 Å². The van der Waals surface area contributed by atoms with Crippen LogP contribution >= 0.6 is 0 Å². The van der Waals surface area contributed by atoms with Crippen LogP contribution in [0, 0.1) is 0 Å². The zero-order valence-corrected chi connectivity index (χ0v) is 9.87. The predicted molar refractivity (Wildman–Crippen MR) is 63.7 cm³/mol. The average molecular weight is 249 g/mol. The molecule has 1 saturated heterocycles. The van der Waals surface area contributed by atoms with Crippen LogP contribution in [0.3, 0.4) is 0 Å². The first-order valence-electron chi connectivity index (χ1n) is 5.79. The number of amides is 1. The summed E-state index contributed by atoms with van der Waals surface area (Å²) >= 11 is 0. The van der Waals surface area contributed by atoms with Gasteiger partial charge >= 0.3 is 5.97 Å². The van der Waals surface area contributed by atoms with Crippen LogP contribution < -0.4 is 5.32 Å². The van der Waals surface area contributed by atoms with Gasteiger partial charge in [-0.1, -0.05) is 0 Å². The summed E-state index contributed by atoms with van der Waals surface area (Å²) in [6.07, 6.45) is 3.20. The molecule has 0 spiro atoms. The van der Waals surface area contributed by atoms with Crippen LogP contribution in [0.15, 0.2) is 24.5 Å². The van der Waals surface area contributed by atoms with Crippen molar-refractivity contribution < 1.29 is 14.7 Å². The van der Waals surface area contributed by atoms with Gasteiger partial charge in [0.15, 0.2) is 0 Å². The number of hydrogen-bond donors (Lipinski definition) is 2. The number of aliphatic carboxylic acids is 1. The lowest BCUT2D eigenvalue weighted by molar-refractivity contribution is -0.143. The first-order valence-corrected chi connectivity index (χ1v) is 5.79. The number of nitrogens with zero attached hydrogens (tertiary/aromatic N) is 2. The fraction of sp³-hybridized carbons (Fsp3) is 0.417. The Morgan fingerprint density at radius 2 is 2.22 bits per heavy atom. The third-order valence-corrected chi connectivity index (χ3v) is 2.94. The second-order valence-corrected chi connectivity index (χ2v) is 4.23. The van der Waals surface area contributed by atoms with E-state index in [0.29, 0.717) is 19.6 Å². The highest BCUT2D eigenvalue weighted by Crippen LogP contribution is 2.13. The largest absolute Gasteiger partial charge is 0.481 e. The van der Waals surface area contributed by atoms with Crippen LogP contribution in [0.5, 0.6) is 0 Å². The maximum atomic E-state index is 11.7. The van der Waals surface area contributed by atoms with Crippen molar-refractivity contribution in [2.24, 2.45) is 0 Å². The van der Waals surface area contributed by atoms with Crippen molar-refractivity contribution in [2.75, 3.05) is 13.1 Å². The number of carboxylic acid groups (broad SMARTS) is 1. The average Bonchev–Trinajstić information content (AvgIpc) is 2.34. The number of aromatic nitrogens is 1. The second kappa shape index (κ2) is 5.59. The number of hydrogen-bond acceptors (Lipinski definition) is 4. The van der Waals surface area contributed by atoms with Crippen molar-refractivity contribution in [3.05, 3.63) is 30.1 Å². The maximum Gasteiger partial charge on any atom is 0.305 e. The highest BCUT2D eigenvalue weighted by molar-refractivity contribution is 5.86. The van der Waals surface area contributed by atoms with Crippen LogP contribution in [0.25, 0.3) is 0 Å². The molecule has 2 rings (SSSR count). The van der Waals surface area contributed by atoms with Gasteiger partial charge in [0, 0.05) is 32.0 Å². The molecule has 1 fully saturated rings. The summed E-state index contributed by atoms with van der Waals surface area (Å²) < 4.78 is 0. The number of pyridine rings is 1. The molecular formula is C12H15N3O3. The third-order valence-electron chi connectivity index (χ3n) is 2.94. The molecule has 0 aliphatic carbocycles. The monoisotopic (exact) mass is 249 g/mol. The highest BCUT2D eigenvalue weighted by Gasteiger charge is 2.31. The number of carboxylic acids is 1. The van der Waals surface area contributed by atoms with Crippen molar-refractivity contribution >= 4 is 11.9 Å². The Morgan fingerprint density at radius 3 is 2.89 bits per heavy atom. The normalized spacial score (nSPS) is 20.4. The summed E-state index contributed by atoms with van der Waals surface area (Å²) in [4.78, 5) is 28.3. The van der Waals surface area contributed by atoms with Crippen LogP contribution in [-0.2, 0) is 16.1 Å². The van der Waals surface area contributed by atoms with Crippen molar-refractivity contribution in [1.82, 2.24) is 15.2 Å². The van der Waals surface area contributed by atoms with Gasteiger partial charge in [0.1, 0.15) is 6.04 Å². The first kappa shape index (κ1) is 12.5. The number of carbonyl (C=O) groups is 2. The van der Waals surface area contributed by atoms with Gasteiger partial charge < -0.3 is 10.4 Å². The van der Waals surface area contributed by atoms with Crippen molar-refractivity contribution in [2.45, 2.75) is 19.0 Å². The minimum Gasteiger partial charge on any atom is -0.481 e. The third kappa shape index (κ3) is 3.04. The lowest BCUT2D eigenvalue weighted by Crippen LogP contribution is -2.55. The smallest absolute Gasteiger partial charge is 0.305 e. The van der Waals surface area contributed by atoms with Gasteiger partial charge in [-0.15, -0.1) is 0 Å². The molecule has 6 nitrogen and oxygen atoms in total. The Bertz CT molecular complexity index is 435. The summed E-state index contributed by atoms with van der Waals surface area (Å²) in [7, 11) is 0. The number of rotatable bonds is 4. The zero-order chi connectivity index (χ0) is 13.0. The van der Waals surface area contributed by atoms with Gasteiger partial charge in [0.05, 0.1) is 6.42 Å². The van der Waals surface area contributed by atoms with Crippen molar-refractivity contribution in [3.63, 3.8) is 0 Å². The van der Waals surface area contributed by atoms with E-state index < -0.39 is 12.0 Å². The standard InChI is InChI=1S/C12H15N3O3/c16-11(17)7-10-12(18)14-5-6-15(10)8-9-1-3-13-4-2-9/h1-4,10H,5-8H2,(H,14,18)(H,16,17). The Kier molecular flexibility index (Phi) is 3.88. The summed E-state index contributed by atoms with van der Waals surface area (Å²) in [6.45, 7) is 1.78. The van der Waals surface area contributed by atoms with Crippen molar-refractivity contribution in [1.29, 1.82) is 0 Å². The molecule has 0 aromatic carbocycles. The molecular weight excluding hydrogens is 234 g/mol. The molecule has 0 bridgehead atoms. The predicted octanol–water partition coefficient (Wildman–Crippen LogP) is -0.143. The Morgan fingerprint density at radius 1 is 1.50 bits per heavy atom. The van der Waals surface area contributed by atoms with Gasteiger partial charge in [0.25, 0.3) is 0 Å². The first-order chi connectivity index (χ1) is 8.66. The van der Waals surface area contributed by atoms with E-state index in [9.17, 15) is 9.59 Å².